The van der Waals surface area contributed by atoms with Gasteiger partial charge in [0.15, 0.2) is 6.29 Å². The molecule has 0 fully saturated rings. The molecule has 4 heteroatoms. The highest BCUT2D eigenvalue weighted by Gasteiger charge is 2.12. The Hall–Kier alpha value is -2.67. The van der Waals surface area contributed by atoms with Gasteiger partial charge in [0, 0.05) is 11.1 Å². The summed E-state index contributed by atoms with van der Waals surface area (Å²) in [5, 5.41) is 18.6. The van der Waals surface area contributed by atoms with Crippen molar-refractivity contribution in [3.05, 3.63) is 53.3 Å². The first-order valence-electron chi connectivity index (χ1n) is 5.14. The average molecular weight is 241 g/mol. The minimum atomic E-state index is -0.563. The zero-order valence-corrected chi connectivity index (χ0v) is 9.22. The second-order valence-corrected chi connectivity index (χ2v) is 3.67. The van der Waals surface area contributed by atoms with E-state index in [0.717, 1.165) is 6.07 Å². The zero-order chi connectivity index (χ0) is 13.1. The quantitative estimate of drug-likeness (QED) is 0.822. The van der Waals surface area contributed by atoms with Crippen LogP contribution in [-0.2, 0) is 0 Å². The molecule has 0 spiro atoms. The Labute approximate surface area is 103 Å². The van der Waals surface area contributed by atoms with E-state index < -0.39 is 5.82 Å². The van der Waals surface area contributed by atoms with Crippen LogP contribution in [-0.4, -0.2) is 11.4 Å². The third kappa shape index (κ3) is 1.94. The summed E-state index contributed by atoms with van der Waals surface area (Å²) in [6, 6.07) is 10.2. The van der Waals surface area contributed by atoms with Crippen LogP contribution in [0, 0.1) is 17.1 Å². The van der Waals surface area contributed by atoms with Crippen molar-refractivity contribution >= 4 is 6.29 Å². The van der Waals surface area contributed by atoms with Gasteiger partial charge >= 0.3 is 0 Å². The van der Waals surface area contributed by atoms with Crippen LogP contribution < -0.4 is 0 Å². The normalized spacial score (nSPS) is 9.78. The maximum Gasteiger partial charge on any atom is 0.153 e. The standard InChI is InChI=1S/C14H8FNO2/c15-13-5-4-9(7-16)6-12(13)11-3-1-2-10(8-17)14(11)18/h1-6,8,18H. The first-order chi connectivity index (χ1) is 8.67. The van der Waals surface area contributed by atoms with Crippen molar-refractivity contribution < 1.29 is 14.3 Å². The van der Waals surface area contributed by atoms with Gasteiger partial charge in [-0.25, -0.2) is 4.39 Å². The number of phenols is 1. The minimum absolute atomic E-state index is 0.0780. The second kappa shape index (κ2) is 4.68. The Kier molecular flexibility index (Phi) is 3.07. The molecule has 0 saturated carbocycles. The van der Waals surface area contributed by atoms with E-state index in [0.29, 0.717) is 6.29 Å². The lowest BCUT2D eigenvalue weighted by Crippen LogP contribution is -1.90. The highest BCUT2D eigenvalue weighted by Crippen LogP contribution is 2.33. The van der Waals surface area contributed by atoms with Crippen LogP contribution in [0.3, 0.4) is 0 Å². The number of nitrogens with zero attached hydrogens (tertiary/aromatic N) is 1. The van der Waals surface area contributed by atoms with Crippen LogP contribution >= 0.6 is 0 Å². The molecule has 88 valence electrons. The summed E-state index contributed by atoms with van der Waals surface area (Å²) >= 11 is 0. The summed E-state index contributed by atoms with van der Waals surface area (Å²) in [4.78, 5) is 10.7. The fourth-order valence-corrected chi connectivity index (χ4v) is 1.68. The van der Waals surface area contributed by atoms with Crippen molar-refractivity contribution in [3.8, 4) is 22.9 Å². The van der Waals surface area contributed by atoms with Gasteiger partial charge in [0.1, 0.15) is 11.6 Å². The molecule has 2 aromatic rings. The fraction of sp³-hybridized carbons (Fsp3) is 0. The molecule has 0 aromatic heterocycles. The number of para-hydroxylation sites is 1. The lowest BCUT2D eigenvalue weighted by Gasteiger charge is -2.08. The molecule has 3 nitrogen and oxygen atoms in total. The van der Waals surface area contributed by atoms with Gasteiger partial charge in [-0.1, -0.05) is 12.1 Å². The number of halogens is 1. The molecule has 2 aromatic carbocycles. The molecule has 0 saturated heterocycles. The molecule has 2 rings (SSSR count). The Balaban J connectivity index is 2.69. The van der Waals surface area contributed by atoms with E-state index in [1.165, 1.54) is 30.3 Å². The maximum absolute atomic E-state index is 13.7. The van der Waals surface area contributed by atoms with Gasteiger partial charge in [-0.05, 0) is 24.3 Å². The van der Waals surface area contributed by atoms with Gasteiger partial charge in [-0.3, -0.25) is 4.79 Å². The Morgan fingerprint density at radius 2 is 2.00 bits per heavy atom. The van der Waals surface area contributed by atoms with Crippen molar-refractivity contribution in [1.29, 1.82) is 5.26 Å². The fourth-order valence-electron chi connectivity index (χ4n) is 1.68. The summed E-state index contributed by atoms with van der Waals surface area (Å²) in [6.07, 6.45) is 0.491. The summed E-state index contributed by atoms with van der Waals surface area (Å²) in [5.74, 6) is -0.853. The van der Waals surface area contributed by atoms with Crippen molar-refractivity contribution in [3.63, 3.8) is 0 Å². The molecule has 0 aliphatic rings. The highest BCUT2D eigenvalue weighted by molar-refractivity contribution is 5.86. The number of phenolic OH excluding ortho intramolecular Hbond substituents is 1. The summed E-state index contributed by atoms with van der Waals surface area (Å²) < 4.78 is 13.7. The number of rotatable bonds is 2. The number of carbonyl (C=O) groups is 1. The number of nitriles is 1. The Morgan fingerprint density at radius 3 is 2.67 bits per heavy atom. The van der Waals surface area contributed by atoms with Crippen molar-refractivity contribution in [1.82, 2.24) is 0 Å². The van der Waals surface area contributed by atoms with Gasteiger partial charge in [0.05, 0.1) is 17.2 Å². The Morgan fingerprint density at radius 1 is 1.22 bits per heavy atom. The largest absolute Gasteiger partial charge is 0.507 e. The van der Waals surface area contributed by atoms with E-state index in [1.807, 2.05) is 6.07 Å². The van der Waals surface area contributed by atoms with Gasteiger partial charge in [-0.2, -0.15) is 5.26 Å². The summed E-state index contributed by atoms with van der Waals surface area (Å²) in [6.45, 7) is 0. The average Bonchev–Trinajstić information content (AvgIpc) is 2.40. The van der Waals surface area contributed by atoms with E-state index >= 15 is 0 Å². The molecular weight excluding hydrogens is 233 g/mol. The lowest BCUT2D eigenvalue weighted by atomic mass is 9.99. The van der Waals surface area contributed by atoms with Crippen LogP contribution in [0.15, 0.2) is 36.4 Å². The smallest absolute Gasteiger partial charge is 0.153 e. The van der Waals surface area contributed by atoms with Crippen LogP contribution in [0.5, 0.6) is 5.75 Å². The van der Waals surface area contributed by atoms with Crippen LogP contribution in [0.25, 0.3) is 11.1 Å². The number of aromatic hydroxyl groups is 1. The molecule has 1 N–H and O–H groups in total. The minimum Gasteiger partial charge on any atom is -0.507 e. The van der Waals surface area contributed by atoms with Gasteiger partial charge in [0.25, 0.3) is 0 Å². The lowest BCUT2D eigenvalue weighted by molar-refractivity contribution is 0.112. The molecular formula is C14H8FNO2. The van der Waals surface area contributed by atoms with Crippen molar-refractivity contribution in [2.45, 2.75) is 0 Å². The summed E-state index contributed by atoms with van der Waals surface area (Å²) in [7, 11) is 0. The highest BCUT2D eigenvalue weighted by atomic mass is 19.1. The monoisotopic (exact) mass is 241 g/mol. The predicted octanol–water partition coefficient (Wildman–Crippen LogP) is 2.88. The van der Waals surface area contributed by atoms with Crippen LogP contribution in [0.4, 0.5) is 4.39 Å². The SMILES string of the molecule is N#Cc1ccc(F)c(-c2cccc(C=O)c2O)c1. The second-order valence-electron chi connectivity index (χ2n) is 3.67. The molecule has 0 bridgehead atoms. The molecule has 0 aliphatic carbocycles. The number of benzene rings is 2. The number of carbonyl (C=O) groups excluding carboxylic acids is 1. The Bertz CT molecular complexity index is 659. The molecule has 0 aliphatic heterocycles. The third-order valence-electron chi connectivity index (χ3n) is 2.58. The number of hydrogen-bond donors (Lipinski definition) is 1. The van der Waals surface area contributed by atoms with Gasteiger partial charge < -0.3 is 5.11 Å². The molecule has 0 heterocycles. The van der Waals surface area contributed by atoms with E-state index in [2.05, 4.69) is 0 Å². The molecule has 0 amide bonds. The molecule has 18 heavy (non-hydrogen) atoms. The van der Waals surface area contributed by atoms with Crippen LogP contribution in [0.1, 0.15) is 15.9 Å². The number of aldehydes is 1. The van der Waals surface area contributed by atoms with E-state index in [1.54, 1.807) is 0 Å². The van der Waals surface area contributed by atoms with Gasteiger partial charge in [0.2, 0.25) is 0 Å². The van der Waals surface area contributed by atoms with Gasteiger partial charge in [-0.15, -0.1) is 0 Å². The third-order valence-corrected chi connectivity index (χ3v) is 2.58. The summed E-state index contributed by atoms with van der Waals surface area (Å²) in [5.41, 5.74) is 0.640. The van der Waals surface area contributed by atoms with Crippen molar-refractivity contribution in [2.75, 3.05) is 0 Å². The molecule has 0 unspecified atom stereocenters. The predicted molar refractivity (Wildman–Crippen MR) is 63.6 cm³/mol. The maximum atomic E-state index is 13.7. The zero-order valence-electron chi connectivity index (χ0n) is 9.22. The molecule has 0 radical (unpaired) electrons. The van der Waals surface area contributed by atoms with Crippen LogP contribution in [0.2, 0.25) is 0 Å². The van der Waals surface area contributed by atoms with E-state index in [9.17, 15) is 14.3 Å². The molecule has 0 atom stereocenters. The first-order valence-corrected chi connectivity index (χ1v) is 5.14. The number of hydrogen-bond acceptors (Lipinski definition) is 3. The van der Waals surface area contributed by atoms with Crippen molar-refractivity contribution in [2.24, 2.45) is 0 Å². The van der Waals surface area contributed by atoms with E-state index in [4.69, 9.17) is 5.26 Å². The topological polar surface area (TPSA) is 61.1 Å². The van der Waals surface area contributed by atoms with E-state index in [-0.39, 0.29) is 28.0 Å². The first kappa shape index (κ1) is 11.8.